The average molecular weight is 2050 g/mol. The lowest BCUT2D eigenvalue weighted by Gasteiger charge is -2.53. The van der Waals surface area contributed by atoms with E-state index in [1.807, 2.05) is 0 Å². The molecule has 9 heteroatoms. The molecule has 0 radical (unpaired) electrons. The highest BCUT2D eigenvalue weighted by Gasteiger charge is 2.50. The predicted molar refractivity (Wildman–Crippen MR) is 653 cm³/mol. The Morgan fingerprint density at radius 1 is 0.192 bits per heavy atom. The van der Waals surface area contributed by atoms with E-state index in [1.54, 1.807) is 38.5 Å². The van der Waals surface area contributed by atoms with Gasteiger partial charge < -0.3 is 44.1 Å². The molecule has 3 spiro atoms. The van der Waals surface area contributed by atoms with Gasteiger partial charge in [-0.2, -0.15) is 0 Å². The van der Waals surface area contributed by atoms with Crippen molar-refractivity contribution in [3.8, 4) is 0 Å². The van der Waals surface area contributed by atoms with E-state index in [9.17, 15) is 0 Å². The molecule has 9 nitrogen and oxygen atoms in total. The van der Waals surface area contributed by atoms with Crippen molar-refractivity contribution in [1.82, 2.24) is 44.1 Å². The molecule has 9 heterocycles. The monoisotopic (exact) mass is 2050 g/mol. The first-order chi connectivity index (χ1) is 68.9. The molecule has 5 saturated carbocycles. The molecule has 0 amide bonds. The first-order valence-corrected chi connectivity index (χ1v) is 66.5. The molecule has 0 bridgehead atoms. The van der Waals surface area contributed by atoms with Gasteiger partial charge in [-0.25, -0.2) is 0 Å². The third kappa shape index (κ3) is 53.5. The second kappa shape index (κ2) is 69.9. The Labute approximate surface area is 920 Å². The fourth-order valence-corrected chi connectivity index (χ4v) is 29.6. The Morgan fingerprint density at radius 3 is 0.719 bits per heavy atom. The minimum Gasteiger partial charge on any atom is -0.301 e. The Balaban J connectivity index is 0.000000251. The number of nitrogens with zero attached hydrogens (tertiary/aromatic N) is 9. The third-order valence-corrected chi connectivity index (χ3v) is 41.0. The van der Waals surface area contributed by atoms with Crippen LogP contribution in [0.5, 0.6) is 0 Å². The maximum atomic E-state index is 2.66. The van der Waals surface area contributed by atoms with Crippen LogP contribution in [-0.4, -0.2) is 216 Å². The number of hydrogen-bond donors (Lipinski definition) is 0. The zero-order chi connectivity index (χ0) is 108. The lowest BCUT2D eigenvalue weighted by atomic mass is 9.56. The van der Waals surface area contributed by atoms with Crippen LogP contribution < -0.4 is 0 Å². The summed E-state index contributed by atoms with van der Waals surface area (Å²) < 4.78 is 0. The smallest absolute Gasteiger partial charge is 0.00385 e. The molecular weight excluding hydrogens is 1770 g/mol. The molecule has 14 aliphatic rings. The number of likely N-dealkylation sites (tertiary alicyclic amines) is 9. The Morgan fingerprint density at radius 2 is 0.418 bits per heavy atom. The maximum Gasteiger partial charge on any atom is 0.00385 e. The molecule has 9 saturated heterocycles. The molecule has 0 N–H and O–H groups in total. The topological polar surface area (TPSA) is 29.2 Å². The molecule has 0 aromatic carbocycles. The molecular formula is C137H273N9. The molecule has 14 rings (SSSR count). The number of unbranched alkanes of at least 4 members (excludes halogenated alkanes) is 2. The molecule has 866 valence electrons. The summed E-state index contributed by atoms with van der Waals surface area (Å²) in [5.74, 6) is 20.9. The van der Waals surface area contributed by atoms with Crippen molar-refractivity contribution in [1.29, 1.82) is 0 Å². The minimum atomic E-state index is 0.641. The molecule has 5 aliphatic carbocycles. The highest BCUT2D eigenvalue weighted by Crippen LogP contribution is 2.58. The van der Waals surface area contributed by atoms with E-state index in [0.29, 0.717) is 5.41 Å². The zero-order valence-electron chi connectivity index (χ0n) is 107. The van der Waals surface area contributed by atoms with Crippen LogP contribution in [0.3, 0.4) is 0 Å². The van der Waals surface area contributed by atoms with Crippen molar-refractivity contribution in [2.45, 2.75) is 619 Å². The fourth-order valence-electron chi connectivity index (χ4n) is 29.6. The van der Waals surface area contributed by atoms with Crippen LogP contribution in [0.15, 0.2) is 0 Å². The molecule has 0 unspecified atom stereocenters. The molecule has 14 fully saturated rings. The summed E-state index contributed by atoms with van der Waals surface area (Å²) in [5, 5.41) is 0. The van der Waals surface area contributed by atoms with Crippen LogP contribution in [0, 0.1) is 146 Å². The van der Waals surface area contributed by atoms with E-state index < -0.39 is 0 Å². The zero-order valence-corrected chi connectivity index (χ0v) is 107. The van der Waals surface area contributed by atoms with Crippen molar-refractivity contribution in [3.05, 3.63) is 0 Å². The summed E-state index contributed by atoms with van der Waals surface area (Å²) in [4.78, 5) is 23.8. The van der Waals surface area contributed by atoms with Crippen molar-refractivity contribution < 1.29 is 0 Å². The van der Waals surface area contributed by atoms with Crippen molar-refractivity contribution in [3.63, 3.8) is 0 Å². The molecule has 0 aromatic rings. The summed E-state index contributed by atoms with van der Waals surface area (Å²) in [5.41, 5.74) is 2.99. The van der Waals surface area contributed by atoms with Crippen LogP contribution in [0.2, 0.25) is 0 Å². The van der Waals surface area contributed by atoms with Crippen LogP contribution in [0.4, 0.5) is 0 Å². The SMILES string of the molecule is CC(C)CC1CC2(CCN(C(C)C)CC2)C1.CC(C)CCC1CC2(CCN(C(C)C)CC2)C1.CC(C)CCC1CCN(C(C)C)CC1.CC(C)CCCC1CC2(CCN(C(C)C)CC2)C1.CC(C)CCCC1CCN(C(C)C)CC1.CC(C)CCCCC1(C)CCN(C(C)C)CC1.CC(C)CCCCC1CCN(C(C)C)CC1.CC(C)CC[C@@H]1C[C@@H]1C1CCN(C(C)C)CC1.CC(C)C[C@@H]1C[C@@H]1C1CCN(C(C)C)CC1. The summed E-state index contributed by atoms with van der Waals surface area (Å²) in [6.45, 7) is 111. The Kier molecular flexibility index (Phi) is 64.3. The van der Waals surface area contributed by atoms with Gasteiger partial charge in [0.2, 0.25) is 0 Å². The second-order valence-electron chi connectivity index (χ2n) is 60.8. The predicted octanol–water partition coefficient (Wildman–Crippen LogP) is 37.5. The summed E-state index contributed by atoms with van der Waals surface area (Å²) in [7, 11) is 0. The molecule has 0 aromatic heterocycles. The van der Waals surface area contributed by atoms with Crippen LogP contribution in [0.1, 0.15) is 564 Å². The largest absolute Gasteiger partial charge is 0.301 e. The Bertz CT molecular complexity index is 3040. The quantitative estimate of drug-likeness (QED) is 0.0555. The van der Waals surface area contributed by atoms with Crippen molar-refractivity contribution in [2.75, 3.05) is 118 Å². The fraction of sp³-hybridized carbons (Fsp3) is 1.00. The number of rotatable bonds is 42. The lowest BCUT2D eigenvalue weighted by molar-refractivity contribution is -0.0270. The maximum absolute atomic E-state index is 2.66. The van der Waals surface area contributed by atoms with Gasteiger partial charge in [0.1, 0.15) is 0 Å². The van der Waals surface area contributed by atoms with Gasteiger partial charge in [0.25, 0.3) is 0 Å². The van der Waals surface area contributed by atoms with Gasteiger partial charge in [0, 0.05) is 54.4 Å². The van der Waals surface area contributed by atoms with E-state index in [-0.39, 0.29) is 0 Å². The number of piperidine rings is 9. The van der Waals surface area contributed by atoms with E-state index in [0.717, 1.165) is 195 Å². The standard InChI is InChI=1S/C17H33N.2C16H31N.C16H33N.2C15H29N.C15H31N.C14H29N.C13H27N/c1-14(2)6-5-7-16-12-17(13-16)8-10-18(11-9-17)15(3)4;1-13(2)5-6-15-11-16(12-15)7-9-17(10-8-16)14(3)4;1-12(2)5-6-15-11-16(15)14-7-9-17(10-8-14)13(3)4;1-14(2)8-6-7-9-16(5)10-12-17(13-11-16)15(3)4;1-12(2)9-14-10-15(11-14)5-7-16(8-6-15)13(3)4;1-11(2)9-14-10-15(14)13-5-7-16(8-6-13)12(3)4;1-13(2)7-5-6-8-15-9-11-16(12-10-15)14(3)4;1-12(2)6-5-7-14-8-10-15(11-9-14)13(3)4;1-11(2)5-6-13-7-9-14(10-8-13)12(3)4/h14-16H,5-13H2,1-4H3;13-15H,5-12H2,1-4H3;12-16H,5-11H2,1-4H3;14-15H,6-13H2,1-5H3;12-14H,5-11H2,1-4H3;11-15H,5-10H2,1-4H3;13-15H,5-12H2,1-4H3;12-14H,5-11H2,1-4H3;11-13H,5-10H2,1-4H3/t;;15-,16-;;;14-,15-;;;/m..1..1.../s1. The van der Waals surface area contributed by atoms with Crippen molar-refractivity contribution in [2.24, 2.45) is 146 Å². The van der Waals surface area contributed by atoms with Gasteiger partial charge in [0.05, 0.1) is 0 Å². The van der Waals surface area contributed by atoms with Crippen LogP contribution >= 0.6 is 0 Å². The van der Waals surface area contributed by atoms with Crippen molar-refractivity contribution >= 4 is 0 Å². The van der Waals surface area contributed by atoms with Crippen LogP contribution in [0.25, 0.3) is 0 Å². The first-order valence-electron chi connectivity index (χ1n) is 66.5. The summed E-state index contributed by atoms with van der Waals surface area (Å²) in [6.07, 6.45) is 70.6. The van der Waals surface area contributed by atoms with E-state index in [1.165, 1.54) is 387 Å². The van der Waals surface area contributed by atoms with Gasteiger partial charge in [0.15, 0.2) is 0 Å². The third-order valence-electron chi connectivity index (χ3n) is 41.0. The second-order valence-corrected chi connectivity index (χ2v) is 60.8. The van der Waals surface area contributed by atoms with Gasteiger partial charge >= 0.3 is 0 Å². The molecule has 4 atom stereocenters. The van der Waals surface area contributed by atoms with Gasteiger partial charge in [-0.05, 0) is 581 Å². The number of hydrogen-bond acceptors (Lipinski definition) is 9. The highest BCUT2D eigenvalue weighted by atomic mass is 15.2. The first kappa shape index (κ1) is 134. The highest BCUT2D eigenvalue weighted by molar-refractivity contribution is 5.02. The Hall–Kier alpha value is -0.360. The average Bonchev–Trinajstić information content (AvgIpc) is 1.66. The van der Waals surface area contributed by atoms with Gasteiger partial charge in [-0.15, -0.1) is 0 Å². The lowest BCUT2D eigenvalue weighted by Crippen LogP contribution is -2.49. The van der Waals surface area contributed by atoms with E-state index in [2.05, 4.69) is 300 Å². The van der Waals surface area contributed by atoms with Gasteiger partial charge in [-0.3, -0.25) is 0 Å². The normalized spacial score (nSPS) is 25.7. The van der Waals surface area contributed by atoms with E-state index in [4.69, 9.17) is 0 Å². The van der Waals surface area contributed by atoms with E-state index >= 15 is 0 Å². The summed E-state index contributed by atoms with van der Waals surface area (Å²) >= 11 is 0. The summed E-state index contributed by atoms with van der Waals surface area (Å²) in [6, 6.07) is 6.76. The van der Waals surface area contributed by atoms with Gasteiger partial charge in [-0.1, -0.05) is 247 Å². The molecule has 146 heavy (non-hydrogen) atoms. The molecule has 9 aliphatic heterocycles. The minimum absolute atomic E-state index is 0.641. The van der Waals surface area contributed by atoms with Crippen LogP contribution in [-0.2, 0) is 0 Å².